The lowest BCUT2D eigenvalue weighted by molar-refractivity contribution is 2.50. The standard InChI is InChI=1S/CH21P17/c1-11(17(13(4)5)14(6)7)18(15(8)9)16(10)12(2)3/h2-10H2,1H3. The molecule has 17 heteroatoms. The maximum Gasteiger partial charge on any atom is -0.00925 e. The number of hydrogen-bond acceptors (Lipinski definition) is 0. The van der Waals surface area contributed by atoms with Crippen molar-refractivity contribution in [1.82, 2.24) is 0 Å². The zero-order chi connectivity index (χ0) is 14.6. The highest BCUT2D eigenvalue weighted by Gasteiger charge is 2.36. The van der Waals surface area contributed by atoms with Gasteiger partial charge in [0.25, 0.3) is 0 Å². The second kappa shape index (κ2) is 13.5. The Morgan fingerprint density at radius 3 is 1.06 bits per heavy atom. The van der Waals surface area contributed by atoms with Crippen LogP contribution in [0.25, 0.3) is 0 Å². The fourth-order valence-corrected chi connectivity index (χ4v) is 171. The molecule has 0 aromatic carbocycles. The molecule has 0 heterocycles. The third kappa shape index (κ3) is 9.31. The van der Waals surface area contributed by atoms with Gasteiger partial charge in [-0.15, -0.1) is 80.4 Å². The Morgan fingerprint density at radius 2 is 0.833 bits per heavy atom. The van der Waals surface area contributed by atoms with Gasteiger partial charge in [-0.3, -0.25) is 0 Å². The summed E-state index contributed by atoms with van der Waals surface area (Å²) in [5.41, 5.74) is 0. The summed E-state index contributed by atoms with van der Waals surface area (Å²) >= 11 is 0. The quantitative estimate of drug-likeness (QED) is 0.272. The van der Waals surface area contributed by atoms with Gasteiger partial charge in [0.2, 0.25) is 0 Å². The molecule has 0 aliphatic carbocycles. The van der Waals surface area contributed by atoms with Crippen molar-refractivity contribution in [3.05, 3.63) is 0 Å². The lowest BCUT2D eigenvalue weighted by Gasteiger charge is -2.41. The SMILES string of the molecule is CP(P(P(P)P)P(P)P)P(P(P)P)P(P)P(P)P. The number of hydrogen-bond donors (Lipinski definition) is 0. The van der Waals surface area contributed by atoms with Crippen LogP contribution >= 0.6 is 137 Å². The van der Waals surface area contributed by atoms with E-state index in [1.165, 1.54) is 0 Å². The molecule has 0 aromatic rings. The van der Waals surface area contributed by atoms with E-state index in [4.69, 9.17) is 0 Å². The zero-order valence-corrected chi connectivity index (χ0v) is 27.3. The van der Waals surface area contributed by atoms with Gasteiger partial charge in [0.05, 0.1) is 0 Å². The minimum atomic E-state index is 0.0640. The first-order valence-electron chi connectivity index (χ1n) is 4.17. The second-order valence-corrected chi connectivity index (χ2v) is 70.2. The summed E-state index contributed by atoms with van der Waals surface area (Å²) in [6.07, 6.45) is 0. The predicted octanol–water partition coefficient (Wildman–Crippen LogP) is 9.99. The van der Waals surface area contributed by atoms with Crippen LogP contribution in [0.4, 0.5) is 0 Å². The van der Waals surface area contributed by atoms with Crippen molar-refractivity contribution in [2.24, 2.45) is 0 Å². The third-order valence-electron chi connectivity index (χ3n) is 1.56. The molecule has 0 aliphatic rings. The van der Waals surface area contributed by atoms with E-state index in [-0.39, 0.29) is 56.2 Å². The molecule has 18 heavy (non-hydrogen) atoms. The smallest absolute Gasteiger partial charge is 0.00925 e. The fourth-order valence-electron chi connectivity index (χ4n) is 0.970. The van der Waals surface area contributed by atoms with Crippen molar-refractivity contribution < 1.29 is 0 Å². The van der Waals surface area contributed by atoms with Crippen LogP contribution in [0.3, 0.4) is 0 Å². The molecule has 0 fully saturated rings. The first-order valence-corrected chi connectivity index (χ1v) is 34.9. The van der Waals surface area contributed by atoms with Crippen molar-refractivity contribution in [2.75, 3.05) is 6.66 Å². The van der Waals surface area contributed by atoms with Gasteiger partial charge in [0.15, 0.2) is 0 Å². The van der Waals surface area contributed by atoms with E-state index in [1.807, 2.05) is 0 Å². The minimum absolute atomic E-state index is 0.0640. The van der Waals surface area contributed by atoms with Gasteiger partial charge in [-0.1, -0.05) is 0 Å². The third-order valence-corrected chi connectivity index (χ3v) is 107. The summed E-state index contributed by atoms with van der Waals surface area (Å²) < 4.78 is 0. The molecule has 0 bridgehead atoms. The van der Waals surface area contributed by atoms with Crippen molar-refractivity contribution in [2.45, 2.75) is 0 Å². The molecule has 0 saturated carbocycles. The molecule has 12 atom stereocenters. The molecule has 0 N–H and O–H groups in total. The Bertz CT molecular complexity index is 210. The summed E-state index contributed by atoms with van der Waals surface area (Å²) in [6, 6.07) is 0. The summed E-state index contributed by atoms with van der Waals surface area (Å²) in [7, 11) is 28.2. The van der Waals surface area contributed by atoms with Gasteiger partial charge in [-0.25, -0.2) is 0 Å². The van der Waals surface area contributed by atoms with Gasteiger partial charge in [0, 0.05) is 0 Å². The normalized spacial score (nSPS) is 18.2. The minimum Gasteiger partial charge on any atom is -0.102 e. The lowest BCUT2D eigenvalue weighted by Crippen LogP contribution is -1.58. The molecular weight excluding hydrogens is 539 g/mol. The van der Waals surface area contributed by atoms with Crippen LogP contribution in [0.1, 0.15) is 0 Å². The molecule has 0 nitrogen and oxygen atoms in total. The summed E-state index contributed by atoms with van der Waals surface area (Å²) in [6.45, 7) is 3.38. The monoisotopic (exact) mass is 560 g/mol. The van der Waals surface area contributed by atoms with E-state index in [9.17, 15) is 0 Å². The Kier molecular flexibility index (Phi) is 18.9. The molecule has 0 rings (SSSR count). The highest BCUT2D eigenvalue weighted by Crippen LogP contribution is 3.23. The molecule has 12 unspecified atom stereocenters. The van der Waals surface area contributed by atoms with Gasteiger partial charge < -0.3 is 0 Å². The second-order valence-electron chi connectivity index (χ2n) is 2.87. The van der Waals surface area contributed by atoms with Crippen LogP contribution in [0.15, 0.2) is 0 Å². The average Bonchev–Trinajstić information content (AvgIpc) is 2.15. The Morgan fingerprint density at radius 1 is 0.500 bits per heavy atom. The first kappa shape index (κ1) is 25.3. The van der Waals surface area contributed by atoms with E-state index >= 15 is 0 Å². The lowest BCUT2D eigenvalue weighted by atomic mass is 12.0. The zero-order valence-electron chi connectivity index (χ0n) is 9.77. The van der Waals surface area contributed by atoms with E-state index < -0.39 is 0 Å². The fraction of sp³-hybridized carbons (Fsp3) is 1.00. The topological polar surface area (TPSA) is 0 Å². The van der Waals surface area contributed by atoms with Gasteiger partial charge in [-0.05, 0) is 62.9 Å². The molecule has 110 valence electrons. The van der Waals surface area contributed by atoms with E-state index in [2.05, 4.69) is 87.0 Å². The molecule has 0 saturated heterocycles. The molecule has 0 spiro atoms. The predicted molar refractivity (Wildman–Crippen MR) is 149 cm³/mol. The van der Waals surface area contributed by atoms with Crippen LogP contribution < -0.4 is 0 Å². The molecule has 0 radical (unpaired) electrons. The Hall–Kier alpha value is 7.31. The van der Waals surface area contributed by atoms with Crippen molar-refractivity contribution in [1.29, 1.82) is 0 Å². The van der Waals surface area contributed by atoms with Crippen molar-refractivity contribution in [3.8, 4) is 0 Å². The van der Waals surface area contributed by atoms with Gasteiger partial charge >= 0.3 is 0 Å². The molecule has 0 amide bonds. The molecule has 0 aliphatic heterocycles. The maximum atomic E-state index is 3.22. The highest BCUT2D eigenvalue weighted by molar-refractivity contribution is 9.27. The maximum absolute atomic E-state index is 3.22. The Labute approximate surface area is 142 Å². The summed E-state index contributed by atoms with van der Waals surface area (Å²) in [5, 5.41) is 0. The van der Waals surface area contributed by atoms with E-state index in [1.54, 1.807) is 0 Å². The van der Waals surface area contributed by atoms with Crippen molar-refractivity contribution >= 4 is 137 Å². The highest BCUT2D eigenvalue weighted by atomic mass is 33.3. The van der Waals surface area contributed by atoms with Gasteiger partial charge in [-0.2, -0.15) is 0 Å². The van der Waals surface area contributed by atoms with E-state index in [0.717, 1.165) is 0 Å². The summed E-state index contributed by atoms with van der Waals surface area (Å²) in [5.74, 6) is 0. The van der Waals surface area contributed by atoms with Crippen LogP contribution in [0.5, 0.6) is 0 Å². The van der Waals surface area contributed by atoms with Crippen LogP contribution in [0, 0.1) is 0 Å². The first-order chi connectivity index (χ1) is 8.11. The van der Waals surface area contributed by atoms with Crippen molar-refractivity contribution in [3.63, 3.8) is 0 Å². The Balaban J connectivity index is 5.11. The van der Waals surface area contributed by atoms with Gasteiger partial charge in [0.1, 0.15) is 0 Å². The van der Waals surface area contributed by atoms with Crippen LogP contribution in [-0.4, -0.2) is 6.66 Å². The van der Waals surface area contributed by atoms with Crippen LogP contribution in [-0.2, 0) is 0 Å². The number of rotatable bonds is 7. The summed E-state index contributed by atoms with van der Waals surface area (Å²) in [4.78, 5) is 0. The van der Waals surface area contributed by atoms with Crippen LogP contribution in [0.2, 0.25) is 0 Å². The largest absolute Gasteiger partial charge is 0.102 e. The average molecular weight is 560 g/mol. The molecule has 0 aromatic heterocycles. The van der Waals surface area contributed by atoms with E-state index in [0.29, 0.717) is 0 Å². The molecular formula is CH21P17.